The highest BCUT2D eigenvalue weighted by Crippen LogP contribution is 2.18. The quantitative estimate of drug-likeness (QED) is 0.0308. The van der Waals surface area contributed by atoms with Gasteiger partial charge in [0.05, 0.1) is 18.8 Å². The second-order valence-corrected chi connectivity index (χ2v) is 22.4. The zero-order valence-electron chi connectivity index (χ0n) is 48.9. The number of aliphatic hydroxyl groups is 4. The molecule has 0 aliphatic heterocycles. The molecule has 4 unspecified atom stereocenters. The molecule has 0 aromatic rings. The first-order valence-corrected chi connectivity index (χ1v) is 32.5. The van der Waals surface area contributed by atoms with Crippen molar-refractivity contribution in [3.05, 3.63) is 48.6 Å². The molecular formula is C67H127NO5. The van der Waals surface area contributed by atoms with E-state index >= 15 is 0 Å². The number of aliphatic hydroxyl groups excluding tert-OH is 4. The second kappa shape index (κ2) is 61.1. The highest BCUT2D eigenvalue weighted by Gasteiger charge is 2.28. The minimum atomic E-state index is -1.30. The molecule has 1 amide bonds. The molecule has 0 aliphatic rings. The van der Waals surface area contributed by atoms with E-state index in [-0.39, 0.29) is 0 Å². The van der Waals surface area contributed by atoms with Crippen LogP contribution in [0.3, 0.4) is 0 Å². The molecule has 6 nitrogen and oxygen atoms in total. The predicted octanol–water partition coefficient (Wildman–Crippen LogP) is 19.7. The van der Waals surface area contributed by atoms with Crippen LogP contribution in [-0.2, 0) is 4.79 Å². The lowest BCUT2D eigenvalue weighted by Gasteiger charge is -2.27. The Kier molecular flexibility index (Phi) is 59.7. The van der Waals surface area contributed by atoms with Crippen molar-refractivity contribution in [2.75, 3.05) is 6.61 Å². The summed E-state index contributed by atoms with van der Waals surface area (Å²) in [6.07, 6.45) is 79.3. The van der Waals surface area contributed by atoms with Crippen LogP contribution in [0.5, 0.6) is 0 Å². The molecule has 0 aliphatic carbocycles. The van der Waals surface area contributed by atoms with E-state index in [0.29, 0.717) is 19.3 Å². The van der Waals surface area contributed by atoms with E-state index in [0.717, 1.165) is 51.4 Å². The van der Waals surface area contributed by atoms with Gasteiger partial charge >= 0.3 is 0 Å². The largest absolute Gasteiger partial charge is 0.394 e. The van der Waals surface area contributed by atoms with Gasteiger partial charge in [0.25, 0.3) is 0 Å². The van der Waals surface area contributed by atoms with E-state index in [1.165, 1.54) is 257 Å². The van der Waals surface area contributed by atoms with Crippen LogP contribution in [-0.4, -0.2) is 57.3 Å². The van der Waals surface area contributed by atoms with Gasteiger partial charge in [-0.1, -0.05) is 300 Å². The smallest absolute Gasteiger partial charge is 0.249 e. The number of allylic oxidation sites excluding steroid dienone is 8. The Balaban J connectivity index is 3.65. The van der Waals surface area contributed by atoms with E-state index in [4.69, 9.17) is 0 Å². The summed E-state index contributed by atoms with van der Waals surface area (Å²) in [7, 11) is 0. The van der Waals surface area contributed by atoms with E-state index in [9.17, 15) is 25.2 Å². The molecule has 0 bridgehead atoms. The summed E-state index contributed by atoms with van der Waals surface area (Å²) in [6.45, 7) is 4.08. The molecule has 0 aromatic heterocycles. The van der Waals surface area contributed by atoms with Crippen LogP contribution >= 0.6 is 0 Å². The molecule has 73 heavy (non-hydrogen) atoms. The van der Waals surface area contributed by atoms with E-state index in [2.05, 4.69) is 67.8 Å². The van der Waals surface area contributed by atoms with Crippen LogP contribution in [0.4, 0.5) is 0 Å². The maximum absolute atomic E-state index is 12.6. The lowest BCUT2D eigenvalue weighted by Crippen LogP contribution is -2.53. The molecule has 6 heteroatoms. The Labute approximate surface area is 455 Å². The van der Waals surface area contributed by atoms with E-state index in [1.807, 2.05) is 0 Å². The van der Waals surface area contributed by atoms with Crippen LogP contribution in [0.25, 0.3) is 0 Å². The molecule has 5 N–H and O–H groups in total. The normalized spacial score (nSPS) is 13.9. The zero-order valence-corrected chi connectivity index (χ0v) is 48.9. The molecule has 0 saturated heterocycles. The number of rotatable bonds is 60. The fourth-order valence-corrected chi connectivity index (χ4v) is 10.1. The fraction of sp³-hybridized carbons (Fsp3) is 0.866. The summed E-state index contributed by atoms with van der Waals surface area (Å²) in [6, 6.07) is -1.01. The molecule has 0 fully saturated rings. The van der Waals surface area contributed by atoms with Crippen molar-refractivity contribution in [2.45, 2.75) is 366 Å². The van der Waals surface area contributed by atoms with Crippen molar-refractivity contribution < 1.29 is 25.2 Å². The molecule has 0 radical (unpaired) electrons. The number of carbonyl (C=O) groups is 1. The SMILES string of the molecule is CCCCCCCCCCCCCC/C=C\CCCCCCCCCCCCCCC(O)C(=O)NC(CO)C(O)C(O)CCC/C=C/CC/C=C/CC/C=C/CCCCCCCCCCCCCCCCCC. The fourth-order valence-electron chi connectivity index (χ4n) is 10.1. The first-order chi connectivity index (χ1) is 36.0. The van der Waals surface area contributed by atoms with Crippen LogP contribution < -0.4 is 5.32 Å². The van der Waals surface area contributed by atoms with Crippen molar-refractivity contribution >= 4 is 5.91 Å². The van der Waals surface area contributed by atoms with Crippen molar-refractivity contribution in [1.29, 1.82) is 0 Å². The van der Waals surface area contributed by atoms with Crippen molar-refractivity contribution in [3.8, 4) is 0 Å². The molecule has 430 valence electrons. The van der Waals surface area contributed by atoms with Crippen LogP contribution in [0.1, 0.15) is 341 Å². The van der Waals surface area contributed by atoms with Gasteiger partial charge in [0.1, 0.15) is 12.2 Å². The van der Waals surface area contributed by atoms with Crippen LogP contribution in [0.2, 0.25) is 0 Å². The Morgan fingerprint density at radius 2 is 0.575 bits per heavy atom. The first kappa shape index (κ1) is 71.3. The average Bonchev–Trinajstić information content (AvgIpc) is 3.40. The Hall–Kier alpha value is -1.73. The summed E-state index contributed by atoms with van der Waals surface area (Å²) in [5.74, 6) is -0.596. The van der Waals surface area contributed by atoms with Crippen LogP contribution in [0, 0.1) is 0 Å². The Morgan fingerprint density at radius 3 is 0.863 bits per heavy atom. The monoisotopic (exact) mass is 1030 g/mol. The third kappa shape index (κ3) is 54.9. The average molecular weight is 1030 g/mol. The van der Waals surface area contributed by atoms with Crippen LogP contribution in [0.15, 0.2) is 48.6 Å². The molecular weight excluding hydrogens is 899 g/mol. The van der Waals surface area contributed by atoms with E-state index in [1.54, 1.807) is 0 Å². The number of hydrogen-bond donors (Lipinski definition) is 5. The standard InChI is InChI=1S/C67H127NO5/c1-3-5-7-9-11-13-15-17-19-21-23-25-27-29-31-33-35-36-38-40-42-44-46-48-50-52-54-56-58-60-64(70)66(72)63(62-69)68-67(73)65(71)61-59-57-55-53-51-49-47-45-43-41-39-37-34-32-30-28-26-24-22-20-18-16-14-12-10-8-6-4-2/h30,32,36,38,44,46,52,54,63-66,69-72H,3-29,31,33-35,37,39-43,45,47-51,53,55-62H2,1-2H3,(H,68,73)/b32-30-,38-36+,46-44+,54-52+. The second-order valence-electron chi connectivity index (χ2n) is 22.4. The van der Waals surface area contributed by atoms with Gasteiger partial charge in [-0.2, -0.15) is 0 Å². The first-order valence-electron chi connectivity index (χ1n) is 32.5. The van der Waals surface area contributed by atoms with Gasteiger partial charge in [-0.15, -0.1) is 0 Å². The Morgan fingerprint density at radius 1 is 0.329 bits per heavy atom. The summed E-state index contributed by atoms with van der Waals surface area (Å²) in [5.41, 5.74) is 0. The summed E-state index contributed by atoms with van der Waals surface area (Å²) in [4.78, 5) is 12.6. The van der Waals surface area contributed by atoms with Crippen molar-refractivity contribution in [3.63, 3.8) is 0 Å². The van der Waals surface area contributed by atoms with Crippen molar-refractivity contribution in [1.82, 2.24) is 5.32 Å². The third-order valence-electron chi connectivity index (χ3n) is 15.2. The van der Waals surface area contributed by atoms with Gasteiger partial charge in [0.2, 0.25) is 5.91 Å². The van der Waals surface area contributed by atoms with E-state index < -0.39 is 36.9 Å². The highest BCUT2D eigenvalue weighted by atomic mass is 16.3. The number of hydrogen-bond acceptors (Lipinski definition) is 5. The summed E-state index contributed by atoms with van der Waals surface area (Å²) < 4.78 is 0. The Bertz CT molecular complexity index is 1200. The van der Waals surface area contributed by atoms with Crippen molar-refractivity contribution in [2.24, 2.45) is 0 Å². The molecule has 0 aromatic carbocycles. The topological polar surface area (TPSA) is 110 Å². The summed E-state index contributed by atoms with van der Waals surface area (Å²) in [5, 5.41) is 44.1. The number of unbranched alkanes of at least 4 members (excludes halogenated alkanes) is 43. The lowest BCUT2D eigenvalue weighted by molar-refractivity contribution is -0.132. The maximum Gasteiger partial charge on any atom is 0.249 e. The van der Waals surface area contributed by atoms with Gasteiger partial charge in [-0.05, 0) is 89.9 Å². The molecule has 4 atom stereocenters. The van der Waals surface area contributed by atoms with Gasteiger partial charge in [0.15, 0.2) is 0 Å². The van der Waals surface area contributed by atoms with Gasteiger partial charge in [-0.3, -0.25) is 4.79 Å². The predicted molar refractivity (Wildman–Crippen MR) is 320 cm³/mol. The van der Waals surface area contributed by atoms with Gasteiger partial charge in [-0.25, -0.2) is 0 Å². The molecule has 0 rings (SSSR count). The number of nitrogens with one attached hydrogen (secondary N) is 1. The number of amides is 1. The third-order valence-corrected chi connectivity index (χ3v) is 15.2. The summed E-state index contributed by atoms with van der Waals surface area (Å²) >= 11 is 0. The molecule has 0 spiro atoms. The molecule has 0 saturated carbocycles. The zero-order chi connectivity index (χ0) is 53.0. The van der Waals surface area contributed by atoms with Gasteiger partial charge in [0, 0.05) is 0 Å². The minimum Gasteiger partial charge on any atom is -0.394 e. The highest BCUT2D eigenvalue weighted by molar-refractivity contribution is 5.80. The van der Waals surface area contributed by atoms with Gasteiger partial charge < -0.3 is 25.7 Å². The minimum absolute atomic E-state index is 0.358. The molecule has 0 heterocycles. The number of carbonyl (C=O) groups excluding carboxylic acids is 1. The lowest BCUT2D eigenvalue weighted by atomic mass is 10.00. The maximum atomic E-state index is 12.6.